The molecular weight excluding hydrogens is 476 g/mol. The molecule has 0 fully saturated rings. The molecule has 0 amide bonds. The molecule has 0 N–H and O–H groups in total. The first-order chi connectivity index (χ1) is 15.5. The Morgan fingerprint density at radius 3 is 1.88 bits per heavy atom. The fraction of sp³-hybridized carbons (Fsp3) is 0.607. The van der Waals surface area contributed by atoms with Crippen LogP contribution in [0.3, 0.4) is 0 Å². The van der Waals surface area contributed by atoms with E-state index in [0.29, 0.717) is 28.4 Å². The number of rotatable bonds is 13. The molecule has 1 aromatic carbocycles. The van der Waals surface area contributed by atoms with Crippen molar-refractivity contribution in [2.75, 3.05) is 0 Å². The number of unbranched alkanes of at least 4 members (excludes halogenated alkanes) is 9. The zero-order valence-electron chi connectivity index (χ0n) is 21.0. The highest BCUT2D eigenvalue weighted by atomic mass is 79.9. The van der Waals surface area contributed by atoms with Crippen LogP contribution in [0, 0.1) is 12.8 Å². The molecule has 0 atom stereocenters. The van der Waals surface area contributed by atoms with Gasteiger partial charge in [0.1, 0.15) is 0 Å². The predicted octanol–water partition coefficient (Wildman–Crippen LogP) is 3.44. The average Bonchev–Trinajstić information content (AvgIpc) is 3.05. The van der Waals surface area contributed by atoms with Crippen molar-refractivity contribution in [2.45, 2.75) is 105 Å². The molecule has 0 aliphatic heterocycles. The summed E-state index contributed by atoms with van der Waals surface area (Å²) in [5.41, 5.74) is 2.27. The molecule has 182 valence electrons. The maximum Gasteiger partial charge on any atom is 0.254 e. The molecule has 3 rings (SSSR count). The number of halogens is 1. The molecule has 1 aromatic heterocycles. The van der Waals surface area contributed by atoms with Gasteiger partial charge in [0.2, 0.25) is 23.0 Å². The molecule has 1 aliphatic carbocycles. The van der Waals surface area contributed by atoms with Crippen LogP contribution < -0.4 is 21.5 Å². The lowest BCUT2D eigenvalue weighted by Gasteiger charge is -2.13. The van der Waals surface area contributed by atoms with Gasteiger partial charge in [-0.3, -0.25) is 9.59 Å². The van der Waals surface area contributed by atoms with Gasteiger partial charge in [-0.15, -0.1) is 0 Å². The molecule has 0 saturated heterocycles. The highest BCUT2D eigenvalue weighted by Gasteiger charge is 2.42. The van der Waals surface area contributed by atoms with Crippen LogP contribution in [0.25, 0.3) is 0 Å². The van der Waals surface area contributed by atoms with Crippen LogP contribution >= 0.6 is 0 Å². The van der Waals surface area contributed by atoms with Gasteiger partial charge in [-0.1, -0.05) is 96.4 Å². The fourth-order valence-electron chi connectivity index (χ4n) is 4.94. The lowest BCUT2D eigenvalue weighted by atomic mass is 9.89. The summed E-state index contributed by atoms with van der Waals surface area (Å²) in [7, 11) is 0. The summed E-state index contributed by atoms with van der Waals surface area (Å²) >= 11 is 0. The molecule has 0 spiro atoms. The van der Waals surface area contributed by atoms with Crippen LogP contribution in [0.5, 0.6) is 0 Å². The van der Waals surface area contributed by atoms with Crippen molar-refractivity contribution in [1.29, 1.82) is 0 Å². The van der Waals surface area contributed by atoms with Crippen molar-refractivity contribution in [3.05, 3.63) is 52.6 Å². The maximum atomic E-state index is 13.4. The van der Waals surface area contributed by atoms with Crippen molar-refractivity contribution >= 4 is 11.6 Å². The monoisotopic (exact) mass is 516 g/mol. The number of hydrogen-bond acceptors (Lipinski definition) is 2. The minimum atomic E-state index is -0.0132. The molecule has 1 heterocycles. The van der Waals surface area contributed by atoms with Crippen LogP contribution in [0.4, 0.5) is 0 Å². The first-order valence-corrected chi connectivity index (χ1v) is 12.8. The van der Waals surface area contributed by atoms with Crippen LogP contribution in [0.15, 0.2) is 24.3 Å². The smallest absolute Gasteiger partial charge is 0.254 e. The number of carbonyl (C=O) groups excluding carboxylic acids is 2. The fourth-order valence-corrected chi connectivity index (χ4v) is 4.94. The van der Waals surface area contributed by atoms with Gasteiger partial charge in [0, 0.05) is 18.1 Å². The van der Waals surface area contributed by atoms with E-state index >= 15 is 0 Å². The van der Waals surface area contributed by atoms with E-state index < -0.39 is 0 Å². The third kappa shape index (κ3) is 6.44. The Morgan fingerprint density at radius 1 is 0.818 bits per heavy atom. The van der Waals surface area contributed by atoms with Crippen molar-refractivity contribution in [1.82, 2.24) is 4.57 Å². The number of nitrogens with zero attached hydrogens (tertiary/aromatic N) is 2. The summed E-state index contributed by atoms with van der Waals surface area (Å²) in [6.07, 6.45) is 12.9. The lowest BCUT2D eigenvalue weighted by Crippen LogP contribution is -3.00. The predicted molar refractivity (Wildman–Crippen MR) is 129 cm³/mol. The number of benzene rings is 1. The molecule has 0 bridgehead atoms. The zero-order valence-corrected chi connectivity index (χ0v) is 22.5. The van der Waals surface area contributed by atoms with E-state index in [1.54, 1.807) is 12.1 Å². The summed E-state index contributed by atoms with van der Waals surface area (Å²) < 4.78 is 4.21. The van der Waals surface area contributed by atoms with Gasteiger partial charge in [0.15, 0.2) is 0 Å². The highest BCUT2D eigenvalue weighted by Crippen LogP contribution is 2.27. The molecule has 2 aromatic rings. The van der Waals surface area contributed by atoms with E-state index in [4.69, 9.17) is 0 Å². The number of ketones is 2. The van der Waals surface area contributed by atoms with E-state index in [9.17, 15) is 9.59 Å². The summed E-state index contributed by atoms with van der Waals surface area (Å²) in [5.74, 6) is 1.40. The maximum absolute atomic E-state index is 13.4. The SMILES string of the molecule is CCCCCCCCCCCCn1c2c([n+](CC(C)C)c1C)C(=O)c1ccccc1C2=O.[Br-]. The van der Waals surface area contributed by atoms with Gasteiger partial charge in [-0.05, 0) is 18.8 Å². The Labute approximate surface area is 210 Å². The Morgan fingerprint density at radius 2 is 1.33 bits per heavy atom. The van der Waals surface area contributed by atoms with E-state index in [-0.39, 0.29) is 28.5 Å². The van der Waals surface area contributed by atoms with E-state index in [1.165, 1.54) is 57.8 Å². The van der Waals surface area contributed by atoms with Crippen LogP contribution in [0.1, 0.15) is 123 Å². The third-order valence-electron chi connectivity index (χ3n) is 6.67. The minimum Gasteiger partial charge on any atom is -1.00 e. The minimum absolute atomic E-state index is 0. The normalized spacial score (nSPS) is 12.6. The summed E-state index contributed by atoms with van der Waals surface area (Å²) in [6.45, 7) is 10.2. The van der Waals surface area contributed by atoms with Gasteiger partial charge in [0.25, 0.3) is 5.82 Å². The van der Waals surface area contributed by atoms with Gasteiger partial charge < -0.3 is 17.0 Å². The van der Waals surface area contributed by atoms with Crippen LogP contribution in [-0.4, -0.2) is 16.1 Å². The number of aromatic nitrogens is 2. The summed E-state index contributed by atoms with van der Waals surface area (Å²) in [4.78, 5) is 26.8. The molecule has 5 heteroatoms. The molecule has 0 radical (unpaired) electrons. The highest BCUT2D eigenvalue weighted by molar-refractivity contribution is 6.26. The van der Waals surface area contributed by atoms with Gasteiger partial charge >= 0.3 is 0 Å². The largest absolute Gasteiger partial charge is 1.00 e. The summed E-state index contributed by atoms with van der Waals surface area (Å²) in [5, 5.41) is 0. The van der Waals surface area contributed by atoms with Gasteiger partial charge in [-0.25, -0.2) is 9.13 Å². The van der Waals surface area contributed by atoms with Crippen molar-refractivity contribution in [3.63, 3.8) is 0 Å². The Hall–Kier alpha value is -1.75. The standard InChI is InChI=1S/C28H41N2O2.BrH/c1-5-6-7-8-9-10-11-12-13-16-19-29-22(4)30(20-21(2)3)26-25(29)27(31)23-17-14-15-18-24(23)28(26)32;/h14-15,17-18,21H,5-13,16,19-20H2,1-4H3;1H/q+1;/p-1. The first kappa shape index (κ1) is 27.5. The second-order valence-electron chi connectivity index (χ2n) is 9.79. The molecule has 4 nitrogen and oxygen atoms in total. The summed E-state index contributed by atoms with van der Waals surface area (Å²) in [6, 6.07) is 7.26. The Kier molecular flexibility index (Phi) is 11.0. The average molecular weight is 518 g/mol. The van der Waals surface area contributed by atoms with E-state index in [2.05, 4.69) is 36.8 Å². The number of carbonyl (C=O) groups is 2. The lowest BCUT2D eigenvalue weighted by molar-refractivity contribution is -0.709. The van der Waals surface area contributed by atoms with Crippen molar-refractivity contribution in [2.24, 2.45) is 5.92 Å². The Bertz CT molecular complexity index is 946. The molecular formula is C28H41BrN2O2. The number of fused-ring (bicyclic) bond motifs is 2. The van der Waals surface area contributed by atoms with Gasteiger partial charge in [-0.2, -0.15) is 0 Å². The van der Waals surface area contributed by atoms with Crippen molar-refractivity contribution < 1.29 is 31.1 Å². The molecule has 0 saturated carbocycles. The zero-order chi connectivity index (χ0) is 23.1. The molecule has 1 aliphatic rings. The molecule has 0 unspecified atom stereocenters. The first-order valence-electron chi connectivity index (χ1n) is 12.8. The third-order valence-corrected chi connectivity index (χ3v) is 6.67. The van der Waals surface area contributed by atoms with E-state index in [1.807, 2.05) is 12.1 Å². The number of imidazole rings is 1. The van der Waals surface area contributed by atoms with Gasteiger partial charge in [0.05, 0.1) is 13.1 Å². The number of hydrogen-bond donors (Lipinski definition) is 0. The Balaban J connectivity index is 0.00000385. The van der Waals surface area contributed by atoms with E-state index in [0.717, 1.165) is 25.3 Å². The van der Waals surface area contributed by atoms with Crippen LogP contribution in [0.2, 0.25) is 0 Å². The second-order valence-corrected chi connectivity index (χ2v) is 9.79. The molecule has 33 heavy (non-hydrogen) atoms. The second kappa shape index (κ2) is 13.2. The van der Waals surface area contributed by atoms with Crippen LogP contribution in [-0.2, 0) is 13.1 Å². The topological polar surface area (TPSA) is 43.0 Å². The van der Waals surface area contributed by atoms with Crippen molar-refractivity contribution in [3.8, 4) is 0 Å². The quantitative estimate of drug-likeness (QED) is 0.258.